The lowest BCUT2D eigenvalue weighted by atomic mass is 10.2. The molecule has 0 radical (unpaired) electrons. The molecule has 0 amide bonds. The first-order chi connectivity index (χ1) is 15.7. The van der Waals surface area contributed by atoms with Gasteiger partial charge in [-0.25, -0.2) is 0 Å². The van der Waals surface area contributed by atoms with E-state index in [1.54, 1.807) is 11.3 Å². The van der Waals surface area contributed by atoms with Crippen molar-refractivity contribution in [1.29, 1.82) is 0 Å². The first-order valence-electron chi connectivity index (χ1n) is 11.3. The zero-order valence-corrected chi connectivity index (χ0v) is 23.0. The molecule has 1 aromatic rings. The Bertz CT molecular complexity index is 1060. The second-order valence-corrected chi connectivity index (χ2v) is 14.7. The predicted octanol–water partition coefficient (Wildman–Crippen LogP) is 9.65. The van der Waals surface area contributed by atoms with E-state index in [0.29, 0.717) is 0 Å². The molecule has 1 aromatic heterocycles. The van der Waals surface area contributed by atoms with Crippen LogP contribution in [0.5, 0.6) is 0 Å². The molecule has 0 saturated carbocycles. The average Bonchev–Trinajstić information content (AvgIpc) is 3.26. The molecule has 0 aliphatic carbocycles. The van der Waals surface area contributed by atoms with Crippen LogP contribution in [0.2, 0.25) is 19.6 Å². The van der Waals surface area contributed by atoms with Gasteiger partial charge >= 0.3 is 0 Å². The molecule has 1 heterocycles. The molecule has 0 bridgehead atoms. The molecule has 0 aliphatic rings. The monoisotopic (exact) mass is 470 g/mol. The first-order valence-corrected chi connectivity index (χ1v) is 15.7. The van der Waals surface area contributed by atoms with E-state index in [-0.39, 0.29) is 0 Å². The van der Waals surface area contributed by atoms with Gasteiger partial charge in [-0.05, 0) is 51.3 Å². The van der Waals surface area contributed by atoms with Crippen molar-refractivity contribution in [2.45, 2.75) is 47.3 Å². The van der Waals surface area contributed by atoms with Gasteiger partial charge in [0.05, 0.1) is 0 Å². The van der Waals surface area contributed by atoms with Crippen LogP contribution in [0.1, 0.15) is 32.6 Å². The fourth-order valence-corrected chi connectivity index (χ4v) is 3.51. The molecule has 0 atom stereocenters. The van der Waals surface area contributed by atoms with E-state index in [1.165, 1.54) is 27.2 Å². The van der Waals surface area contributed by atoms with Gasteiger partial charge in [0, 0.05) is 4.88 Å². The lowest BCUT2D eigenvalue weighted by Crippen LogP contribution is -2.16. The van der Waals surface area contributed by atoms with Crippen molar-refractivity contribution >= 4 is 25.5 Å². The highest BCUT2D eigenvalue weighted by Gasteiger charge is 2.06. The van der Waals surface area contributed by atoms with Crippen LogP contribution in [0.15, 0.2) is 119 Å². The lowest BCUT2D eigenvalue weighted by molar-refractivity contribution is 1.49. The van der Waals surface area contributed by atoms with Gasteiger partial charge in [0.15, 0.2) is 0 Å². The van der Waals surface area contributed by atoms with Gasteiger partial charge < -0.3 is 0 Å². The minimum atomic E-state index is -1.29. The quantitative estimate of drug-likeness (QED) is 0.191. The van der Waals surface area contributed by atoms with Gasteiger partial charge in [-0.15, -0.1) is 16.9 Å². The Labute approximate surface area is 207 Å². The van der Waals surface area contributed by atoms with Gasteiger partial charge in [-0.2, -0.15) is 0 Å². The second kappa shape index (κ2) is 15.9. The van der Waals surface area contributed by atoms with Gasteiger partial charge in [0.25, 0.3) is 0 Å². The van der Waals surface area contributed by atoms with Crippen molar-refractivity contribution in [1.82, 2.24) is 0 Å². The standard InChI is InChI=1S/C31H38SSi/c1-27(18-12-19-29(3)17-10-11-26-33(5,6)7)15-8-9-16-28(2)20-13-21-30(4)23-24-31-22-14-25-32-31/h8-10,12-25H,1-7H3/b9-8+,17-10+,18-12+,20-13+,24-23+,27-15+,28-16+,29-19+,30-21+. The van der Waals surface area contributed by atoms with E-state index in [1.807, 2.05) is 6.08 Å². The van der Waals surface area contributed by atoms with Gasteiger partial charge in [-0.3, -0.25) is 0 Å². The van der Waals surface area contributed by atoms with Crippen LogP contribution in [0, 0.1) is 11.5 Å². The Morgan fingerprint density at radius 1 is 0.727 bits per heavy atom. The summed E-state index contributed by atoms with van der Waals surface area (Å²) >= 11 is 1.75. The van der Waals surface area contributed by atoms with Crippen molar-refractivity contribution in [2.24, 2.45) is 0 Å². The van der Waals surface area contributed by atoms with Crippen molar-refractivity contribution in [2.75, 3.05) is 0 Å². The van der Waals surface area contributed by atoms with Crippen molar-refractivity contribution in [3.63, 3.8) is 0 Å². The summed E-state index contributed by atoms with van der Waals surface area (Å²) in [5.41, 5.74) is 8.17. The second-order valence-electron chi connectivity index (χ2n) is 8.95. The van der Waals surface area contributed by atoms with Crippen LogP contribution in [0.25, 0.3) is 6.08 Å². The third-order valence-corrected chi connectivity index (χ3v) is 5.93. The molecular formula is C31H38SSi. The Balaban J connectivity index is 2.52. The number of hydrogen-bond donors (Lipinski definition) is 0. The molecule has 0 fully saturated rings. The molecule has 0 nitrogen and oxygen atoms in total. The fraction of sp³-hybridized carbons (Fsp3) is 0.226. The molecular weight excluding hydrogens is 432 g/mol. The molecule has 0 N–H and O–H groups in total. The Kier molecular flexibility index (Phi) is 13.5. The van der Waals surface area contributed by atoms with Crippen molar-refractivity contribution in [3.8, 4) is 11.5 Å². The lowest BCUT2D eigenvalue weighted by Gasteiger charge is -2.02. The maximum atomic E-state index is 3.34. The summed E-state index contributed by atoms with van der Waals surface area (Å²) in [4.78, 5) is 1.27. The summed E-state index contributed by atoms with van der Waals surface area (Å²) < 4.78 is 0. The number of hydrogen-bond acceptors (Lipinski definition) is 1. The Morgan fingerprint density at radius 3 is 1.76 bits per heavy atom. The van der Waals surface area contributed by atoms with E-state index in [4.69, 9.17) is 0 Å². The van der Waals surface area contributed by atoms with Crippen LogP contribution >= 0.6 is 11.3 Å². The van der Waals surface area contributed by atoms with Crippen molar-refractivity contribution < 1.29 is 0 Å². The molecule has 0 saturated heterocycles. The number of allylic oxidation sites excluding steroid dienone is 17. The Morgan fingerprint density at radius 2 is 1.24 bits per heavy atom. The third-order valence-electron chi connectivity index (χ3n) is 4.20. The maximum Gasteiger partial charge on any atom is 0.129 e. The molecule has 1 rings (SSSR count). The van der Waals surface area contributed by atoms with Crippen LogP contribution in [-0.2, 0) is 0 Å². The summed E-state index contributed by atoms with van der Waals surface area (Å²) in [5.74, 6) is 3.16. The maximum absolute atomic E-state index is 3.34. The molecule has 172 valence electrons. The number of rotatable bonds is 9. The van der Waals surface area contributed by atoms with Gasteiger partial charge in [0.2, 0.25) is 0 Å². The van der Waals surface area contributed by atoms with Gasteiger partial charge in [-0.1, -0.05) is 127 Å². The highest BCUT2D eigenvalue weighted by molar-refractivity contribution is 7.10. The smallest absolute Gasteiger partial charge is 0.129 e. The van der Waals surface area contributed by atoms with Crippen LogP contribution in [0.4, 0.5) is 0 Å². The van der Waals surface area contributed by atoms with Crippen LogP contribution < -0.4 is 0 Å². The largest absolute Gasteiger partial charge is 0.144 e. The Hall–Kier alpha value is -2.86. The highest BCUT2D eigenvalue weighted by Crippen LogP contribution is 2.12. The highest BCUT2D eigenvalue weighted by atomic mass is 32.1. The fourth-order valence-electron chi connectivity index (χ4n) is 2.37. The van der Waals surface area contributed by atoms with E-state index >= 15 is 0 Å². The molecule has 0 unspecified atom stereocenters. The number of thiophene rings is 1. The average molecular weight is 471 g/mol. The summed E-state index contributed by atoms with van der Waals surface area (Å²) in [7, 11) is -1.29. The van der Waals surface area contributed by atoms with E-state index in [9.17, 15) is 0 Å². The molecule has 0 aromatic carbocycles. The predicted molar refractivity (Wildman–Crippen MR) is 156 cm³/mol. The van der Waals surface area contributed by atoms with Gasteiger partial charge in [0.1, 0.15) is 8.07 Å². The topological polar surface area (TPSA) is 0 Å². The van der Waals surface area contributed by atoms with E-state index < -0.39 is 8.07 Å². The minimum Gasteiger partial charge on any atom is -0.144 e. The third kappa shape index (κ3) is 16.4. The van der Waals surface area contributed by atoms with Crippen molar-refractivity contribution in [3.05, 3.63) is 124 Å². The molecule has 33 heavy (non-hydrogen) atoms. The van der Waals surface area contributed by atoms with Crippen LogP contribution in [-0.4, -0.2) is 8.07 Å². The normalized spacial score (nSPS) is 15.0. The summed E-state index contributed by atoms with van der Waals surface area (Å²) in [5, 5.41) is 2.09. The first kappa shape index (κ1) is 28.2. The summed E-state index contributed by atoms with van der Waals surface area (Å²) in [6.45, 7) is 15.2. The summed E-state index contributed by atoms with van der Waals surface area (Å²) in [6, 6.07) is 4.19. The SMILES string of the molecule is CC(/C=C/C#C[Si](C)(C)C)=C\C=C\C(C)=C\C=C\C=C(C)\C=C\C=C(C)\C=C\c1cccs1. The molecule has 2 heteroatoms. The zero-order chi connectivity index (χ0) is 24.5. The molecule has 0 aliphatic heterocycles. The summed E-state index contributed by atoms with van der Waals surface area (Å²) in [6.07, 6.45) is 29.3. The van der Waals surface area contributed by atoms with Crippen LogP contribution in [0.3, 0.4) is 0 Å². The zero-order valence-electron chi connectivity index (χ0n) is 21.2. The minimum absolute atomic E-state index is 1.19. The molecule has 0 spiro atoms. The van der Waals surface area contributed by atoms with E-state index in [2.05, 4.69) is 155 Å². The van der Waals surface area contributed by atoms with E-state index in [0.717, 1.165) is 0 Å².